The number of fused-ring (bicyclic) bond motifs is 3. The fraction of sp³-hybridized carbons (Fsp3) is 0.250. The molecule has 0 bridgehead atoms. The van der Waals surface area contributed by atoms with Gasteiger partial charge in [-0.3, -0.25) is 10.1 Å². The molecule has 26 heavy (non-hydrogen) atoms. The third-order valence-electron chi connectivity index (χ3n) is 5.27. The van der Waals surface area contributed by atoms with Crippen LogP contribution in [-0.4, -0.2) is 18.0 Å². The second-order valence-corrected chi connectivity index (χ2v) is 6.59. The van der Waals surface area contributed by atoms with Crippen molar-refractivity contribution in [3.05, 3.63) is 81.4 Å². The first-order valence-electron chi connectivity index (χ1n) is 8.49. The van der Waals surface area contributed by atoms with Crippen LogP contribution in [0.3, 0.4) is 0 Å². The molecule has 6 heteroatoms. The number of hydrogen-bond acceptors (Lipinski definition) is 5. The molecule has 0 saturated heterocycles. The standard InChI is InChI=1S/C20H18N2O4/c1-26-20(23)17-7-3-6-16-14-4-2-5-15(14)18(21-19(16)17)12-8-10-13(11-9-12)22(24)25/h2-4,6-11,14-15,18,21H,5H2,1H3/t14-,15-,18+/m1/s1. The lowest BCUT2D eigenvalue weighted by Crippen LogP contribution is -2.30. The van der Waals surface area contributed by atoms with Gasteiger partial charge in [-0.25, -0.2) is 4.79 Å². The zero-order valence-corrected chi connectivity index (χ0v) is 14.2. The molecule has 1 aliphatic heterocycles. The van der Waals surface area contributed by atoms with E-state index < -0.39 is 4.92 Å². The maximum Gasteiger partial charge on any atom is 0.339 e. The smallest absolute Gasteiger partial charge is 0.339 e. The van der Waals surface area contributed by atoms with Gasteiger partial charge >= 0.3 is 5.97 Å². The molecule has 0 radical (unpaired) electrons. The Morgan fingerprint density at radius 2 is 2.00 bits per heavy atom. The van der Waals surface area contributed by atoms with Crippen LogP contribution in [0.4, 0.5) is 11.4 Å². The summed E-state index contributed by atoms with van der Waals surface area (Å²) < 4.78 is 4.92. The molecule has 2 aromatic rings. The summed E-state index contributed by atoms with van der Waals surface area (Å²) in [6.07, 6.45) is 5.26. The molecule has 4 rings (SSSR count). The summed E-state index contributed by atoms with van der Waals surface area (Å²) in [5.41, 5.74) is 3.43. The van der Waals surface area contributed by atoms with Crippen molar-refractivity contribution in [2.75, 3.05) is 12.4 Å². The highest BCUT2D eigenvalue weighted by molar-refractivity contribution is 5.97. The summed E-state index contributed by atoms with van der Waals surface area (Å²) >= 11 is 0. The molecule has 2 aromatic carbocycles. The van der Waals surface area contributed by atoms with Gasteiger partial charge in [0.1, 0.15) is 0 Å². The third-order valence-corrected chi connectivity index (χ3v) is 5.27. The molecule has 0 amide bonds. The molecule has 3 atom stereocenters. The monoisotopic (exact) mass is 350 g/mol. The first kappa shape index (κ1) is 16.3. The minimum Gasteiger partial charge on any atom is -0.465 e. The number of anilines is 1. The first-order chi connectivity index (χ1) is 12.6. The van der Waals surface area contributed by atoms with Gasteiger partial charge in [-0.1, -0.05) is 36.4 Å². The van der Waals surface area contributed by atoms with Gasteiger partial charge in [0.15, 0.2) is 0 Å². The van der Waals surface area contributed by atoms with Gasteiger partial charge in [-0.05, 0) is 29.5 Å². The van der Waals surface area contributed by atoms with Gasteiger partial charge in [0, 0.05) is 18.1 Å². The largest absolute Gasteiger partial charge is 0.465 e. The SMILES string of the molecule is COC(=O)c1cccc2c1N[C@@H](c1ccc([N+](=O)[O-])cc1)[C@@H]1CC=C[C@@H]21. The molecule has 0 unspecified atom stereocenters. The maximum absolute atomic E-state index is 12.2. The van der Waals surface area contributed by atoms with Gasteiger partial charge < -0.3 is 10.1 Å². The van der Waals surface area contributed by atoms with Crippen LogP contribution in [0, 0.1) is 16.0 Å². The number of para-hydroxylation sites is 1. The van der Waals surface area contributed by atoms with Crippen LogP contribution in [-0.2, 0) is 4.74 Å². The number of nitrogens with zero attached hydrogens (tertiary/aromatic N) is 1. The van der Waals surface area contributed by atoms with Gasteiger partial charge in [0.2, 0.25) is 0 Å². The molecule has 0 saturated carbocycles. The Hall–Kier alpha value is -3.15. The summed E-state index contributed by atoms with van der Waals surface area (Å²) in [6, 6.07) is 12.3. The molecule has 1 N–H and O–H groups in total. The molecular formula is C20H18N2O4. The number of non-ortho nitro benzene ring substituents is 1. The minimum atomic E-state index is -0.400. The van der Waals surface area contributed by atoms with Crippen molar-refractivity contribution in [1.82, 2.24) is 0 Å². The molecule has 132 valence electrons. The van der Waals surface area contributed by atoms with Crippen molar-refractivity contribution in [3.63, 3.8) is 0 Å². The Balaban J connectivity index is 1.78. The molecule has 1 heterocycles. The van der Waals surface area contributed by atoms with Crippen molar-refractivity contribution >= 4 is 17.3 Å². The van der Waals surface area contributed by atoms with Crippen LogP contribution in [0.1, 0.15) is 39.9 Å². The van der Waals surface area contributed by atoms with E-state index in [1.165, 1.54) is 19.2 Å². The zero-order valence-electron chi connectivity index (χ0n) is 14.2. The third kappa shape index (κ3) is 2.54. The molecule has 6 nitrogen and oxygen atoms in total. The molecule has 0 fully saturated rings. The van der Waals surface area contributed by atoms with Gasteiger partial charge in [0.25, 0.3) is 5.69 Å². The minimum absolute atomic E-state index is 0.0332. The number of rotatable bonds is 3. The first-order valence-corrected chi connectivity index (χ1v) is 8.49. The normalized spacial score (nSPS) is 22.9. The second kappa shape index (κ2) is 6.29. The van der Waals surface area contributed by atoms with E-state index in [0.717, 1.165) is 23.2 Å². The number of benzene rings is 2. The molecule has 1 aliphatic carbocycles. The molecule has 2 aliphatic rings. The number of nitro benzene ring substituents is 1. The molecule has 0 aromatic heterocycles. The summed E-state index contributed by atoms with van der Waals surface area (Å²) in [7, 11) is 1.37. The van der Waals surface area contributed by atoms with Crippen LogP contribution in [0.2, 0.25) is 0 Å². The zero-order chi connectivity index (χ0) is 18.3. The molecule has 0 spiro atoms. The number of esters is 1. The van der Waals surface area contributed by atoms with E-state index in [1.54, 1.807) is 18.2 Å². The van der Waals surface area contributed by atoms with Gasteiger partial charge in [0.05, 0.1) is 29.3 Å². The van der Waals surface area contributed by atoms with Gasteiger partial charge in [-0.15, -0.1) is 0 Å². The lowest BCUT2D eigenvalue weighted by atomic mass is 9.76. The van der Waals surface area contributed by atoms with E-state index in [9.17, 15) is 14.9 Å². The number of nitro groups is 1. The summed E-state index contributed by atoms with van der Waals surface area (Å²) in [5.74, 6) is 0.130. The van der Waals surface area contributed by atoms with E-state index in [0.29, 0.717) is 11.5 Å². The lowest BCUT2D eigenvalue weighted by Gasteiger charge is -2.38. The van der Waals surface area contributed by atoms with E-state index >= 15 is 0 Å². The fourth-order valence-electron chi connectivity index (χ4n) is 4.03. The van der Waals surface area contributed by atoms with E-state index in [4.69, 9.17) is 4.74 Å². The summed E-state index contributed by atoms with van der Waals surface area (Å²) in [5, 5.41) is 14.4. The maximum atomic E-state index is 12.2. The van der Waals surface area contributed by atoms with Crippen LogP contribution < -0.4 is 5.32 Å². The predicted octanol–water partition coefficient (Wildman–Crippen LogP) is 4.21. The van der Waals surface area contributed by atoms with Crippen LogP contribution >= 0.6 is 0 Å². The predicted molar refractivity (Wildman–Crippen MR) is 97.2 cm³/mol. The van der Waals surface area contributed by atoms with E-state index in [-0.39, 0.29) is 23.6 Å². The Kier molecular flexibility index (Phi) is 3.95. The molecular weight excluding hydrogens is 332 g/mol. The Bertz CT molecular complexity index is 905. The Morgan fingerprint density at radius 1 is 1.23 bits per heavy atom. The van der Waals surface area contributed by atoms with Crippen LogP contribution in [0.15, 0.2) is 54.6 Å². The van der Waals surface area contributed by atoms with Crippen molar-refractivity contribution in [2.45, 2.75) is 18.4 Å². The van der Waals surface area contributed by atoms with Crippen molar-refractivity contribution in [2.24, 2.45) is 5.92 Å². The number of allylic oxidation sites excluding steroid dienone is 2. The van der Waals surface area contributed by atoms with Crippen molar-refractivity contribution in [3.8, 4) is 0 Å². The van der Waals surface area contributed by atoms with E-state index in [1.807, 2.05) is 12.1 Å². The number of hydrogen-bond donors (Lipinski definition) is 1. The van der Waals surface area contributed by atoms with Gasteiger partial charge in [-0.2, -0.15) is 0 Å². The fourth-order valence-corrected chi connectivity index (χ4v) is 4.03. The van der Waals surface area contributed by atoms with Crippen LogP contribution in [0.5, 0.6) is 0 Å². The lowest BCUT2D eigenvalue weighted by molar-refractivity contribution is -0.384. The highest BCUT2D eigenvalue weighted by atomic mass is 16.6. The second-order valence-electron chi connectivity index (χ2n) is 6.59. The van der Waals surface area contributed by atoms with Crippen molar-refractivity contribution < 1.29 is 14.5 Å². The average Bonchev–Trinajstić information content (AvgIpc) is 3.16. The van der Waals surface area contributed by atoms with E-state index in [2.05, 4.69) is 17.5 Å². The Morgan fingerprint density at radius 3 is 2.69 bits per heavy atom. The topological polar surface area (TPSA) is 81.5 Å². The summed E-state index contributed by atoms with van der Waals surface area (Å²) in [6.45, 7) is 0. The number of carbonyl (C=O) groups is 1. The number of nitrogens with one attached hydrogen (secondary N) is 1. The number of ether oxygens (including phenoxy) is 1. The highest BCUT2D eigenvalue weighted by Gasteiger charge is 2.39. The Labute approximate surface area is 150 Å². The number of carbonyl (C=O) groups excluding carboxylic acids is 1. The van der Waals surface area contributed by atoms with Crippen molar-refractivity contribution in [1.29, 1.82) is 0 Å². The number of methoxy groups -OCH3 is 1. The quantitative estimate of drug-likeness (QED) is 0.388. The van der Waals surface area contributed by atoms with Crippen LogP contribution in [0.25, 0.3) is 0 Å². The highest BCUT2D eigenvalue weighted by Crippen LogP contribution is 2.50. The average molecular weight is 350 g/mol. The summed E-state index contributed by atoms with van der Waals surface area (Å²) in [4.78, 5) is 22.7.